The topological polar surface area (TPSA) is 151 Å². The van der Waals surface area contributed by atoms with Crippen molar-refractivity contribution in [2.24, 2.45) is 0 Å². The highest BCUT2D eigenvalue weighted by atomic mass is 19.2. The van der Waals surface area contributed by atoms with Crippen LogP contribution in [0.25, 0.3) is 0 Å². The molecular weight excluding hydrogens is 530 g/mol. The van der Waals surface area contributed by atoms with Gasteiger partial charge in [0.15, 0.2) is 23.2 Å². The number of aliphatic carboxylic acids is 1. The maximum atomic E-state index is 13.7. The average Bonchev–Trinajstić information content (AvgIpc) is 2.86. The van der Waals surface area contributed by atoms with Gasteiger partial charge in [-0.2, -0.15) is 8.78 Å². The molecule has 0 saturated heterocycles. The molecule has 0 bridgehead atoms. The summed E-state index contributed by atoms with van der Waals surface area (Å²) in [5.74, 6) is -15.1. The number of carbonyl (C=O) groups excluding carboxylic acids is 4. The van der Waals surface area contributed by atoms with E-state index in [1.54, 1.807) is 0 Å². The Hall–Kier alpha value is -4.49. The van der Waals surface area contributed by atoms with Gasteiger partial charge in [-0.15, -0.1) is 0 Å². The van der Waals surface area contributed by atoms with Crippen molar-refractivity contribution in [1.29, 1.82) is 0 Å². The molecule has 210 valence electrons. The van der Waals surface area contributed by atoms with Gasteiger partial charge < -0.3 is 25.8 Å². The average molecular weight is 555 g/mol. The summed E-state index contributed by atoms with van der Waals surface area (Å²) >= 11 is 0. The number of carboxylic acids is 1. The molecule has 0 aromatic heterocycles. The van der Waals surface area contributed by atoms with Crippen molar-refractivity contribution in [3.63, 3.8) is 0 Å². The zero-order valence-corrected chi connectivity index (χ0v) is 20.8. The fourth-order valence-corrected chi connectivity index (χ4v) is 3.23. The number of aryl methyl sites for hydroxylation is 1. The third-order valence-corrected chi connectivity index (χ3v) is 5.24. The second-order valence-corrected chi connectivity index (χ2v) is 8.40. The van der Waals surface area contributed by atoms with Crippen LogP contribution in [0.4, 0.5) is 17.6 Å². The van der Waals surface area contributed by atoms with E-state index in [1.165, 1.54) is 0 Å². The van der Waals surface area contributed by atoms with E-state index in [1.807, 2.05) is 36.5 Å². The van der Waals surface area contributed by atoms with E-state index in [-0.39, 0.29) is 12.6 Å². The molecule has 2 atom stereocenters. The molecule has 0 aliphatic rings. The van der Waals surface area contributed by atoms with Crippen LogP contribution in [0.3, 0.4) is 0 Å². The normalized spacial score (nSPS) is 12.2. The number of carboxylic acid groups (broad SMARTS) is 1. The van der Waals surface area contributed by atoms with Crippen LogP contribution in [0.2, 0.25) is 0 Å². The number of amides is 3. The Kier molecular flexibility index (Phi) is 10.9. The van der Waals surface area contributed by atoms with Gasteiger partial charge in [0.25, 0.3) is 0 Å². The third-order valence-electron chi connectivity index (χ3n) is 5.24. The largest absolute Gasteiger partial charge is 0.481 e. The molecule has 2 rings (SSSR count). The van der Waals surface area contributed by atoms with Crippen molar-refractivity contribution in [2.75, 3.05) is 13.2 Å². The molecule has 0 aliphatic heterocycles. The molecule has 0 saturated carbocycles. The number of nitrogens with one attached hydrogen (secondary N) is 3. The summed E-state index contributed by atoms with van der Waals surface area (Å²) in [5.41, 5.74) is 1.94. The second-order valence-electron chi connectivity index (χ2n) is 8.40. The van der Waals surface area contributed by atoms with E-state index in [9.17, 15) is 41.5 Å². The number of halogens is 4. The smallest absolute Gasteiger partial charge is 0.309 e. The molecule has 39 heavy (non-hydrogen) atoms. The lowest BCUT2D eigenvalue weighted by Gasteiger charge is -2.20. The molecule has 0 radical (unpaired) electrons. The number of hydrogen-bond donors (Lipinski definition) is 4. The lowest BCUT2D eigenvalue weighted by atomic mass is 10.1. The molecule has 14 heteroatoms. The van der Waals surface area contributed by atoms with E-state index in [2.05, 4.69) is 15.4 Å². The Morgan fingerprint density at radius 2 is 1.59 bits per heavy atom. The highest BCUT2D eigenvalue weighted by Gasteiger charge is 2.29. The first-order chi connectivity index (χ1) is 18.3. The summed E-state index contributed by atoms with van der Waals surface area (Å²) in [5, 5.41) is 15.5. The maximum Gasteiger partial charge on any atom is 0.309 e. The number of Topliss-reactive ketones (excluding diaryl/α,β-unsaturated/α-hetero) is 1. The van der Waals surface area contributed by atoms with Crippen LogP contribution in [0.5, 0.6) is 5.75 Å². The molecule has 3 amide bonds. The Balaban J connectivity index is 1.93. The standard InChI is InChI=1S/C25H25F4N3O7/c1-12-4-3-5-14(8-12)6-7-30-24(37)25(38)31-13(2)23(36)32-17(10-19(34)35)18(33)11-39-22-20(28)15(26)9-16(27)21(22)29/h3-5,8-9,13,17H,6-7,10-11H2,1-2H3,(H,30,37)(H,31,38)(H,32,36)(H,34,35)/t13-,17-/m0/s1. The molecule has 4 N–H and O–H groups in total. The molecule has 0 heterocycles. The van der Waals surface area contributed by atoms with Crippen LogP contribution in [0.15, 0.2) is 30.3 Å². The van der Waals surface area contributed by atoms with Crippen LogP contribution >= 0.6 is 0 Å². The summed E-state index contributed by atoms with van der Waals surface area (Å²) in [6, 6.07) is 4.17. The minimum absolute atomic E-state index is 0.0765. The van der Waals surface area contributed by atoms with E-state index >= 15 is 0 Å². The predicted octanol–water partition coefficient (Wildman–Crippen LogP) is 1.32. The first-order valence-electron chi connectivity index (χ1n) is 11.4. The summed E-state index contributed by atoms with van der Waals surface area (Å²) in [4.78, 5) is 60.1. The quantitative estimate of drug-likeness (QED) is 0.175. The Morgan fingerprint density at radius 3 is 2.18 bits per heavy atom. The fraction of sp³-hybridized carbons (Fsp3) is 0.320. The van der Waals surface area contributed by atoms with Gasteiger partial charge in [0, 0.05) is 12.6 Å². The number of ether oxygens (including phenoxy) is 1. The van der Waals surface area contributed by atoms with Crippen molar-refractivity contribution < 1.29 is 51.4 Å². The molecular formula is C25H25F4N3O7. The van der Waals surface area contributed by atoms with E-state index < -0.39 is 83.6 Å². The molecule has 0 spiro atoms. The first kappa shape index (κ1) is 30.7. The van der Waals surface area contributed by atoms with Crippen molar-refractivity contribution in [1.82, 2.24) is 16.0 Å². The maximum absolute atomic E-state index is 13.7. The zero-order chi connectivity index (χ0) is 29.3. The highest BCUT2D eigenvalue weighted by molar-refractivity contribution is 6.35. The van der Waals surface area contributed by atoms with Crippen LogP contribution in [0, 0.1) is 30.2 Å². The second kappa shape index (κ2) is 13.9. The lowest BCUT2D eigenvalue weighted by molar-refractivity contribution is -0.141. The van der Waals surface area contributed by atoms with Gasteiger partial charge in [-0.3, -0.25) is 24.0 Å². The molecule has 2 aromatic rings. The van der Waals surface area contributed by atoms with Crippen molar-refractivity contribution in [2.45, 2.75) is 38.8 Å². The summed E-state index contributed by atoms with van der Waals surface area (Å²) in [7, 11) is 0. The molecule has 0 aliphatic carbocycles. The zero-order valence-electron chi connectivity index (χ0n) is 20.8. The van der Waals surface area contributed by atoms with Crippen molar-refractivity contribution >= 4 is 29.5 Å². The van der Waals surface area contributed by atoms with Gasteiger partial charge in [-0.05, 0) is 25.8 Å². The van der Waals surface area contributed by atoms with Gasteiger partial charge in [-0.1, -0.05) is 29.8 Å². The van der Waals surface area contributed by atoms with Gasteiger partial charge in [0.1, 0.15) is 18.7 Å². The monoisotopic (exact) mass is 555 g/mol. The minimum Gasteiger partial charge on any atom is -0.481 e. The van der Waals surface area contributed by atoms with E-state index in [0.717, 1.165) is 18.1 Å². The van der Waals surface area contributed by atoms with E-state index in [0.29, 0.717) is 6.42 Å². The number of ketones is 1. The van der Waals surface area contributed by atoms with Gasteiger partial charge in [0.2, 0.25) is 17.5 Å². The predicted molar refractivity (Wildman–Crippen MR) is 126 cm³/mol. The van der Waals surface area contributed by atoms with Gasteiger partial charge in [-0.25, -0.2) is 8.78 Å². The Bertz CT molecular complexity index is 1250. The third kappa shape index (κ3) is 9.09. The van der Waals surface area contributed by atoms with Gasteiger partial charge >= 0.3 is 17.8 Å². The van der Waals surface area contributed by atoms with E-state index in [4.69, 9.17) is 5.11 Å². The van der Waals surface area contributed by atoms with Crippen molar-refractivity contribution in [3.05, 3.63) is 64.7 Å². The SMILES string of the molecule is Cc1cccc(CCNC(=O)C(=O)N[C@@H](C)C(=O)N[C@@H](CC(=O)O)C(=O)COc2c(F)c(F)cc(F)c2F)c1. The summed E-state index contributed by atoms with van der Waals surface area (Å²) in [6.07, 6.45) is -0.565. The summed E-state index contributed by atoms with van der Waals surface area (Å²) in [6.45, 7) is 1.90. The molecule has 10 nitrogen and oxygen atoms in total. The van der Waals surface area contributed by atoms with Crippen LogP contribution in [0.1, 0.15) is 24.5 Å². The molecule has 0 unspecified atom stereocenters. The van der Waals surface area contributed by atoms with Crippen LogP contribution in [-0.4, -0.2) is 59.8 Å². The number of carbonyl (C=O) groups is 5. The van der Waals surface area contributed by atoms with Gasteiger partial charge in [0.05, 0.1) is 6.42 Å². The number of hydrogen-bond acceptors (Lipinski definition) is 6. The Labute approximate surface area is 219 Å². The Morgan fingerprint density at radius 1 is 0.949 bits per heavy atom. The molecule has 2 aromatic carbocycles. The molecule has 0 fully saturated rings. The van der Waals surface area contributed by atoms with Crippen molar-refractivity contribution in [3.8, 4) is 5.75 Å². The fourth-order valence-electron chi connectivity index (χ4n) is 3.23. The van der Waals surface area contributed by atoms with Crippen LogP contribution in [-0.2, 0) is 30.4 Å². The summed E-state index contributed by atoms with van der Waals surface area (Å²) < 4.78 is 58.6. The highest BCUT2D eigenvalue weighted by Crippen LogP contribution is 2.26. The number of benzene rings is 2. The first-order valence-corrected chi connectivity index (χ1v) is 11.4. The lowest BCUT2D eigenvalue weighted by Crippen LogP contribution is -2.53. The number of rotatable bonds is 12. The minimum atomic E-state index is -1.92. The van der Waals surface area contributed by atoms with Crippen LogP contribution < -0.4 is 20.7 Å².